The van der Waals surface area contributed by atoms with Crippen molar-refractivity contribution in [3.63, 3.8) is 0 Å². The maximum atomic E-state index is 12.3. The highest BCUT2D eigenvalue weighted by molar-refractivity contribution is 7.92. The van der Waals surface area contributed by atoms with E-state index in [2.05, 4.69) is 10.0 Å². The smallest absolute Gasteiger partial charge is 0.251 e. The Hall–Kier alpha value is -1.60. The van der Waals surface area contributed by atoms with Crippen LogP contribution in [0.3, 0.4) is 0 Å². The first-order valence-corrected chi connectivity index (χ1v) is 9.28. The minimum absolute atomic E-state index is 0.0752. The van der Waals surface area contributed by atoms with Crippen molar-refractivity contribution in [2.24, 2.45) is 5.92 Å². The largest absolute Gasteiger partial charge is 0.396 e. The number of benzene rings is 1. The predicted octanol–water partition coefficient (Wildman–Crippen LogP) is 1.34. The van der Waals surface area contributed by atoms with Crippen molar-refractivity contribution in [3.8, 4) is 0 Å². The van der Waals surface area contributed by atoms with Gasteiger partial charge >= 0.3 is 0 Å². The number of aliphatic hydroxyl groups excluding tert-OH is 1. The normalized spacial score (nSPS) is 21.5. The van der Waals surface area contributed by atoms with E-state index in [1.165, 1.54) is 6.07 Å². The Bertz CT molecular complexity index is 630. The van der Waals surface area contributed by atoms with Crippen molar-refractivity contribution >= 4 is 21.6 Å². The lowest BCUT2D eigenvalue weighted by Crippen LogP contribution is -2.37. The lowest BCUT2D eigenvalue weighted by Gasteiger charge is -2.20. The van der Waals surface area contributed by atoms with Gasteiger partial charge in [-0.05, 0) is 43.4 Å². The summed E-state index contributed by atoms with van der Waals surface area (Å²) >= 11 is 0. The van der Waals surface area contributed by atoms with Crippen LogP contribution in [0.1, 0.15) is 36.0 Å². The molecule has 1 fully saturated rings. The number of hydrogen-bond donors (Lipinski definition) is 3. The molecule has 1 saturated carbocycles. The summed E-state index contributed by atoms with van der Waals surface area (Å²) in [5.41, 5.74) is 0.789. The molecule has 6 nitrogen and oxygen atoms in total. The number of carbonyl (C=O) groups is 1. The van der Waals surface area contributed by atoms with Crippen molar-refractivity contribution in [2.45, 2.75) is 31.7 Å². The number of amides is 1. The quantitative estimate of drug-likeness (QED) is 0.735. The SMILES string of the molecule is CS(=O)(=O)Nc1cccc(C(=O)N[C@H]2CCC[C@@H]2CCO)c1. The van der Waals surface area contributed by atoms with Crippen LogP contribution in [0.25, 0.3) is 0 Å². The van der Waals surface area contributed by atoms with Gasteiger partial charge in [0.05, 0.1) is 6.26 Å². The Morgan fingerprint density at radius 3 is 2.82 bits per heavy atom. The highest BCUT2D eigenvalue weighted by atomic mass is 32.2. The molecule has 22 heavy (non-hydrogen) atoms. The lowest BCUT2D eigenvalue weighted by atomic mass is 9.99. The summed E-state index contributed by atoms with van der Waals surface area (Å²) in [5.74, 6) is 0.0956. The molecule has 0 radical (unpaired) electrons. The van der Waals surface area contributed by atoms with E-state index in [1.807, 2.05) is 0 Å². The van der Waals surface area contributed by atoms with Gasteiger partial charge in [-0.3, -0.25) is 9.52 Å². The van der Waals surface area contributed by atoms with Crippen LogP contribution in [0.15, 0.2) is 24.3 Å². The van der Waals surface area contributed by atoms with Gasteiger partial charge < -0.3 is 10.4 Å². The predicted molar refractivity (Wildman–Crippen MR) is 85.2 cm³/mol. The van der Waals surface area contributed by atoms with Crippen LogP contribution >= 0.6 is 0 Å². The molecule has 0 unspecified atom stereocenters. The average molecular weight is 326 g/mol. The average Bonchev–Trinajstić information content (AvgIpc) is 2.85. The second-order valence-electron chi connectivity index (χ2n) is 5.74. The molecule has 1 aromatic carbocycles. The molecule has 0 heterocycles. The molecular formula is C15H22N2O4S. The molecular weight excluding hydrogens is 304 g/mol. The van der Waals surface area contributed by atoms with Crippen molar-refractivity contribution in [1.82, 2.24) is 5.32 Å². The Balaban J connectivity index is 2.05. The van der Waals surface area contributed by atoms with Crippen LogP contribution in [-0.4, -0.2) is 38.3 Å². The topological polar surface area (TPSA) is 95.5 Å². The maximum Gasteiger partial charge on any atom is 0.251 e. The zero-order valence-corrected chi connectivity index (χ0v) is 13.4. The molecule has 1 aliphatic rings. The molecule has 0 aromatic heterocycles. The number of sulfonamides is 1. The summed E-state index contributed by atoms with van der Waals surface area (Å²) in [4.78, 5) is 12.3. The van der Waals surface area contributed by atoms with Gasteiger partial charge in [0.25, 0.3) is 5.91 Å². The van der Waals surface area contributed by atoms with E-state index in [0.717, 1.165) is 25.5 Å². The third-order valence-corrected chi connectivity index (χ3v) is 4.51. The first kappa shape index (κ1) is 16.8. The van der Waals surface area contributed by atoms with Crippen LogP contribution in [-0.2, 0) is 10.0 Å². The zero-order valence-electron chi connectivity index (χ0n) is 12.6. The van der Waals surface area contributed by atoms with Gasteiger partial charge in [0, 0.05) is 23.9 Å². The third-order valence-electron chi connectivity index (χ3n) is 3.90. The second kappa shape index (κ2) is 7.11. The van der Waals surface area contributed by atoms with E-state index in [4.69, 9.17) is 5.11 Å². The molecule has 2 atom stereocenters. The minimum Gasteiger partial charge on any atom is -0.396 e. The number of anilines is 1. The number of carbonyl (C=O) groups excluding carboxylic acids is 1. The van der Waals surface area contributed by atoms with Crippen molar-refractivity contribution in [2.75, 3.05) is 17.6 Å². The Labute approximate surface area is 131 Å². The van der Waals surface area contributed by atoms with Crippen LogP contribution in [0, 0.1) is 5.92 Å². The molecule has 2 rings (SSSR count). The number of rotatable bonds is 6. The molecule has 1 amide bonds. The molecule has 3 N–H and O–H groups in total. The fraction of sp³-hybridized carbons (Fsp3) is 0.533. The molecule has 7 heteroatoms. The highest BCUT2D eigenvalue weighted by Crippen LogP contribution is 2.28. The Kier molecular flexibility index (Phi) is 5.42. The van der Waals surface area contributed by atoms with Gasteiger partial charge in [-0.15, -0.1) is 0 Å². The molecule has 0 saturated heterocycles. The van der Waals surface area contributed by atoms with Crippen molar-refractivity contribution in [1.29, 1.82) is 0 Å². The van der Waals surface area contributed by atoms with Crippen LogP contribution in [0.4, 0.5) is 5.69 Å². The highest BCUT2D eigenvalue weighted by Gasteiger charge is 2.28. The van der Waals surface area contributed by atoms with Crippen LogP contribution in [0.2, 0.25) is 0 Å². The van der Waals surface area contributed by atoms with Gasteiger partial charge in [0.2, 0.25) is 10.0 Å². The fourth-order valence-electron chi connectivity index (χ4n) is 2.93. The molecule has 122 valence electrons. The van der Waals surface area contributed by atoms with Gasteiger partial charge in [-0.25, -0.2) is 8.42 Å². The summed E-state index contributed by atoms with van der Waals surface area (Å²) < 4.78 is 24.8. The Morgan fingerprint density at radius 1 is 1.36 bits per heavy atom. The number of nitrogens with one attached hydrogen (secondary N) is 2. The summed E-state index contributed by atoms with van der Waals surface area (Å²) in [6.07, 6.45) is 4.74. The first-order valence-electron chi connectivity index (χ1n) is 7.38. The van der Waals surface area contributed by atoms with E-state index >= 15 is 0 Å². The monoisotopic (exact) mass is 326 g/mol. The molecule has 0 aliphatic heterocycles. The number of aliphatic hydroxyl groups is 1. The van der Waals surface area contributed by atoms with E-state index in [0.29, 0.717) is 23.6 Å². The second-order valence-corrected chi connectivity index (χ2v) is 7.49. The van der Waals surface area contributed by atoms with Crippen molar-refractivity contribution < 1.29 is 18.3 Å². The van der Waals surface area contributed by atoms with Gasteiger partial charge in [0.15, 0.2) is 0 Å². The lowest BCUT2D eigenvalue weighted by molar-refractivity contribution is 0.0923. The third kappa shape index (κ3) is 4.71. The van der Waals surface area contributed by atoms with E-state index in [-0.39, 0.29) is 18.6 Å². The summed E-state index contributed by atoms with van der Waals surface area (Å²) in [7, 11) is -3.37. The molecule has 0 spiro atoms. The van der Waals surface area contributed by atoms with Gasteiger partial charge in [-0.1, -0.05) is 12.5 Å². The van der Waals surface area contributed by atoms with Gasteiger partial charge in [0.1, 0.15) is 0 Å². The summed E-state index contributed by atoms with van der Waals surface area (Å²) in [6.45, 7) is 0.130. The van der Waals surface area contributed by atoms with Crippen LogP contribution < -0.4 is 10.0 Å². The summed E-state index contributed by atoms with van der Waals surface area (Å²) in [5, 5.41) is 12.1. The minimum atomic E-state index is -3.37. The molecule has 1 aliphatic carbocycles. The zero-order chi connectivity index (χ0) is 16.2. The Morgan fingerprint density at radius 2 is 2.14 bits per heavy atom. The van der Waals surface area contributed by atoms with Gasteiger partial charge in [-0.2, -0.15) is 0 Å². The van der Waals surface area contributed by atoms with Crippen molar-refractivity contribution in [3.05, 3.63) is 29.8 Å². The van der Waals surface area contributed by atoms with E-state index in [9.17, 15) is 13.2 Å². The fourth-order valence-corrected chi connectivity index (χ4v) is 3.48. The first-order chi connectivity index (χ1) is 10.4. The van der Waals surface area contributed by atoms with E-state index in [1.54, 1.807) is 18.2 Å². The molecule has 1 aromatic rings. The maximum absolute atomic E-state index is 12.3. The van der Waals surface area contributed by atoms with Crippen LogP contribution in [0.5, 0.6) is 0 Å². The van der Waals surface area contributed by atoms with E-state index < -0.39 is 10.0 Å². The number of hydrogen-bond acceptors (Lipinski definition) is 4. The standard InChI is InChI=1S/C15H22N2O4S/c1-22(20,21)17-13-6-2-5-12(10-13)15(19)16-14-7-3-4-11(14)8-9-18/h2,5-6,10-11,14,17-18H,3-4,7-9H2,1H3,(H,16,19)/t11-,14+/m1/s1. The summed E-state index contributed by atoms with van der Waals surface area (Å²) in [6, 6.07) is 6.49. The molecule has 0 bridgehead atoms.